The van der Waals surface area contributed by atoms with E-state index in [1.807, 2.05) is 0 Å². The molecule has 5 heteroatoms. The van der Waals surface area contributed by atoms with Gasteiger partial charge in [0.05, 0.1) is 5.02 Å². The van der Waals surface area contributed by atoms with E-state index in [1.165, 1.54) is 11.3 Å². The van der Waals surface area contributed by atoms with E-state index < -0.39 is 0 Å². The van der Waals surface area contributed by atoms with Gasteiger partial charge in [0.25, 0.3) is 0 Å². The lowest BCUT2D eigenvalue weighted by Gasteiger charge is -2.33. The molecule has 0 saturated carbocycles. The van der Waals surface area contributed by atoms with Gasteiger partial charge in [-0.3, -0.25) is 4.90 Å². The maximum Gasteiger partial charge on any atom is 0.112 e. The van der Waals surface area contributed by atoms with E-state index in [1.54, 1.807) is 0 Å². The third-order valence-corrected chi connectivity index (χ3v) is 4.68. The highest BCUT2D eigenvalue weighted by Gasteiger charge is 2.19. The topological polar surface area (TPSA) is 15.3 Å². The molecule has 0 aromatic carbocycles. The maximum atomic E-state index is 6.11. The molecule has 1 fully saturated rings. The van der Waals surface area contributed by atoms with Crippen LogP contribution >= 0.6 is 34.5 Å². The van der Waals surface area contributed by atoms with Gasteiger partial charge < -0.3 is 5.32 Å². The van der Waals surface area contributed by atoms with Crippen molar-refractivity contribution in [2.24, 2.45) is 0 Å². The third-order valence-electron chi connectivity index (χ3n) is 2.77. The second-order valence-electron chi connectivity index (χ2n) is 3.87. The molecule has 1 aromatic rings. The Morgan fingerprint density at radius 1 is 1.60 bits per heavy atom. The average molecular weight is 265 g/mol. The second-order valence-corrected chi connectivity index (χ2v) is 5.73. The van der Waals surface area contributed by atoms with E-state index in [2.05, 4.69) is 22.5 Å². The Hall–Kier alpha value is 0.200. The highest BCUT2D eigenvalue weighted by Crippen LogP contribution is 2.33. The Balaban J connectivity index is 2.04. The summed E-state index contributed by atoms with van der Waals surface area (Å²) < 4.78 is 0.703. The van der Waals surface area contributed by atoms with Gasteiger partial charge in [0, 0.05) is 32.2 Å². The third kappa shape index (κ3) is 2.66. The normalized spacial score (nSPS) is 23.3. The van der Waals surface area contributed by atoms with Crippen molar-refractivity contribution in [1.29, 1.82) is 0 Å². The zero-order valence-corrected chi connectivity index (χ0v) is 10.9. The van der Waals surface area contributed by atoms with Crippen molar-refractivity contribution >= 4 is 34.5 Å². The summed E-state index contributed by atoms with van der Waals surface area (Å²) in [6, 6.07) is 0.563. The van der Waals surface area contributed by atoms with Gasteiger partial charge in [0.15, 0.2) is 0 Å². The Kier molecular flexibility index (Phi) is 3.91. The molecule has 0 aliphatic carbocycles. The summed E-state index contributed by atoms with van der Waals surface area (Å²) >= 11 is 13.6. The first-order valence-corrected chi connectivity index (χ1v) is 6.68. The first-order valence-electron chi connectivity index (χ1n) is 5.04. The molecule has 2 rings (SSSR count). The summed E-state index contributed by atoms with van der Waals surface area (Å²) in [7, 11) is 0. The molecule has 2 heterocycles. The summed E-state index contributed by atoms with van der Waals surface area (Å²) in [6.45, 7) is 6.32. The van der Waals surface area contributed by atoms with Crippen LogP contribution in [0.2, 0.25) is 9.36 Å². The quantitative estimate of drug-likeness (QED) is 0.884. The van der Waals surface area contributed by atoms with Crippen LogP contribution in [0.3, 0.4) is 0 Å². The summed E-state index contributed by atoms with van der Waals surface area (Å²) in [5.41, 5.74) is 1.15. The molecule has 1 aliphatic rings. The lowest BCUT2D eigenvalue weighted by molar-refractivity contribution is 0.166. The second kappa shape index (κ2) is 5.02. The molecular weight excluding hydrogens is 251 g/mol. The van der Waals surface area contributed by atoms with Crippen LogP contribution in [0.1, 0.15) is 12.5 Å². The number of rotatable bonds is 2. The molecule has 1 saturated heterocycles. The van der Waals surface area contributed by atoms with Gasteiger partial charge in [0.2, 0.25) is 0 Å². The van der Waals surface area contributed by atoms with E-state index >= 15 is 0 Å². The summed E-state index contributed by atoms with van der Waals surface area (Å²) in [5, 5.41) is 6.16. The number of hydrogen-bond acceptors (Lipinski definition) is 3. The molecule has 1 N–H and O–H groups in total. The fourth-order valence-corrected chi connectivity index (χ4v) is 3.04. The molecule has 1 atom stereocenters. The number of halogens is 2. The van der Waals surface area contributed by atoms with Crippen LogP contribution in [0, 0.1) is 0 Å². The van der Waals surface area contributed by atoms with Gasteiger partial charge in [-0.1, -0.05) is 23.2 Å². The zero-order valence-electron chi connectivity index (χ0n) is 8.59. The lowest BCUT2D eigenvalue weighted by atomic mass is 10.2. The monoisotopic (exact) mass is 264 g/mol. The summed E-state index contributed by atoms with van der Waals surface area (Å²) in [6.07, 6.45) is 0. The first-order chi connectivity index (χ1) is 7.18. The van der Waals surface area contributed by atoms with Gasteiger partial charge in [-0.05, 0) is 17.9 Å². The van der Waals surface area contributed by atoms with Gasteiger partial charge in [-0.2, -0.15) is 0 Å². The number of piperazine rings is 1. The van der Waals surface area contributed by atoms with Crippen molar-refractivity contribution in [3.63, 3.8) is 0 Å². The van der Waals surface area contributed by atoms with Crippen LogP contribution in [-0.2, 0) is 6.54 Å². The predicted octanol–water partition coefficient (Wildman–Crippen LogP) is 2.85. The average Bonchev–Trinajstić information content (AvgIpc) is 2.53. The molecule has 0 radical (unpaired) electrons. The molecular formula is C10H14Cl2N2S. The minimum absolute atomic E-state index is 0.563. The van der Waals surface area contributed by atoms with Crippen molar-refractivity contribution in [3.8, 4) is 0 Å². The summed E-state index contributed by atoms with van der Waals surface area (Å²) in [5.74, 6) is 0. The smallest absolute Gasteiger partial charge is 0.112 e. The number of hydrogen-bond donors (Lipinski definition) is 1. The fraction of sp³-hybridized carbons (Fsp3) is 0.600. The Morgan fingerprint density at radius 2 is 2.40 bits per heavy atom. The molecule has 0 spiro atoms. The molecule has 0 amide bonds. The van der Waals surface area contributed by atoms with Gasteiger partial charge >= 0.3 is 0 Å². The van der Waals surface area contributed by atoms with Crippen LogP contribution < -0.4 is 5.32 Å². The molecule has 15 heavy (non-hydrogen) atoms. The van der Waals surface area contributed by atoms with Crippen molar-refractivity contribution in [2.75, 3.05) is 19.6 Å². The fourth-order valence-electron chi connectivity index (χ4n) is 1.80. The van der Waals surface area contributed by atoms with Gasteiger partial charge in [0.1, 0.15) is 4.34 Å². The predicted molar refractivity (Wildman–Crippen MR) is 67.1 cm³/mol. The number of nitrogens with zero attached hydrogens (tertiary/aromatic N) is 1. The van der Waals surface area contributed by atoms with E-state index in [0.717, 1.165) is 36.8 Å². The number of nitrogens with one attached hydrogen (secondary N) is 1. The zero-order chi connectivity index (χ0) is 10.8. The van der Waals surface area contributed by atoms with E-state index in [9.17, 15) is 0 Å². The molecule has 84 valence electrons. The van der Waals surface area contributed by atoms with Crippen LogP contribution in [0.25, 0.3) is 0 Å². The van der Waals surface area contributed by atoms with Crippen molar-refractivity contribution in [1.82, 2.24) is 10.2 Å². The van der Waals surface area contributed by atoms with E-state index in [0.29, 0.717) is 10.4 Å². The molecule has 2 nitrogen and oxygen atoms in total. The molecule has 1 aliphatic heterocycles. The maximum absolute atomic E-state index is 6.11. The highest BCUT2D eigenvalue weighted by molar-refractivity contribution is 7.15. The van der Waals surface area contributed by atoms with Crippen LogP contribution in [0.4, 0.5) is 0 Å². The lowest BCUT2D eigenvalue weighted by Crippen LogP contribution is -2.49. The minimum atomic E-state index is 0.563. The Labute approximate surface area is 104 Å². The molecule has 1 aromatic heterocycles. The Morgan fingerprint density at radius 3 is 3.00 bits per heavy atom. The van der Waals surface area contributed by atoms with Crippen molar-refractivity contribution < 1.29 is 0 Å². The van der Waals surface area contributed by atoms with E-state index in [4.69, 9.17) is 23.2 Å². The van der Waals surface area contributed by atoms with Crippen LogP contribution in [0.5, 0.6) is 0 Å². The SMILES string of the molecule is CC1CNCCN1Cc1csc(Cl)c1Cl. The largest absolute Gasteiger partial charge is 0.314 e. The molecule has 0 bridgehead atoms. The van der Waals surface area contributed by atoms with Gasteiger partial charge in [-0.15, -0.1) is 11.3 Å². The highest BCUT2D eigenvalue weighted by atomic mass is 35.5. The van der Waals surface area contributed by atoms with Crippen molar-refractivity contribution in [3.05, 3.63) is 20.3 Å². The first kappa shape index (κ1) is 11.7. The molecule has 1 unspecified atom stereocenters. The Bertz CT molecular complexity index is 340. The van der Waals surface area contributed by atoms with Crippen LogP contribution in [-0.4, -0.2) is 30.6 Å². The van der Waals surface area contributed by atoms with Gasteiger partial charge in [-0.25, -0.2) is 0 Å². The van der Waals surface area contributed by atoms with Crippen LogP contribution in [0.15, 0.2) is 5.38 Å². The number of thiophene rings is 1. The van der Waals surface area contributed by atoms with Crippen molar-refractivity contribution in [2.45, 2.75) is 19.5 Å². The summed E-state index contributed by atoms with van der Waals surface area (Å²) in [4.78, 5) is 2.43. The van der Waals surface area contributed by atoms with E-state index in [-0.39, 0.29) is 0 Å². The standard InChI is InChI=1S/C10H14Cl2N2S/c1-7-4-13-2-3-14(7)5-8-6-15-10(12)9(8)11/h6-7,13H,2-5H2,1H3. The minimum Gasteiger partial charge on any atom is -0.314 e.